The van der Waals surface area contributed by atoms with Gasteiger partial charge < -0.3 is 21.1 Å². The summed E-state index contributed by atoms with van der Waals surface area (Å²) in [7, 11) is 0. The first-order chi connectivity index (χ1) is 12.7. The molecule has 0 saturated carbocycles. The Balaban J connectivity index is 0.00000364. The second-order valence-corrected chi connectivity index (χ2v) is 5.66. The molecule has 146 valence electrons. The van der Waals surface area contributed by atoms with Crippen LogP contribution in [0.5, 0.6) is 0 Å². The molecule has 4 N–H and O–H groups in total. The van der Waals surface area contributed by atoms with Crippen LogP contribution in [0, 0.1) is 0 Å². The predicted octanol–water partition coefficient (Wildman–Crippen LogP) is 1.97. The van der Waals surface area contributed by atoms with Crippen LogP contribution in [0.3, 0.4) is 0 Å². The fourth-order valence-corrected chi connectivity index (χ4v) is 2.36. The molecule has 7 nitrogen and oxygen atoms in total. The number of hydrogen-bond acceptors (Lipinski definition) is 4. The number of hydrogen-bond donors (Lipinski definition) is 4. The van der Waals surface area contributed by atoms with E-state index < -0.39 is 0 Å². The van der Waals surface area contributed by atoms with E-state index in [2.05, 4.69) is 25.9 Å². The Hall–Kier alpha value is -2.20. The van der Waals surface area contributed by atoms with E-state index in [0.29, 0.717) is 24.7 Å². The van der Waals surface area contributed by atoms with Gasteiger partial charge in [-0.2, -0.15) is 0 Å². The summed E-state index contributed by atoms with van der Waals surface area (Å²) in [6, 6.07) is 13.3. The van der Waals surface area contributed by atoms with Crippen molar-refractivity contribution in [3.8, 4) is 0 Å². The SMILES string of the molecule is CCNC(=NCC(=O)Nc1cccnc1)NCC(CO)c1ccccc1.I. The number of carbonyl (C=O) groups excluding carboxylic acids is 1. The molecule has 0 aliphatic heterocycles. The molecule has 2 rings (SSSR count). The number of aliphatic hydroxyl groups is 1. The van der Waals surface area contributed by atoms with E-state index in [4.69, 9.17) is 0 Å². The van der Waals surface area contributed by atoms with E-state index in [1.54, 1.807) is 24.5 Å². The number of aromatic nitrogens is 1. The Bertz CT molecular complexity index is 698. The van der Waals surface area contributed by atoms with Gasteiger partial charge in [-0.3, -0.25) is 9.78 Å². The third-order valence-corrected chi connectivity index (χ3v) is 3.68. The summed E-state index contributed by atoms with van der Waals surface area (Å²) < 4.78 is 0. The van der Waals surface area contributed by atoms with Crippen LogP contribution in [-0.4, -0.2) is 48.2 Å². The smallest absolute Gasteiger partial charge is 0.246 e. The van der Waals surface area contributed by atoms with Gasteiger partial charge >= 0.3 is 0 Å². The summed E-state index contributed by atoms with van der Waals surface area (Å²) in [5.74, 6) is 0.254. The molecule has 0 fully saturated rings. The number of benzene rings is 1. The largest absolute Gasteiger partial charge is 0.396 e. The summed E-state index contributed by atoms with van der Waals surface area (Å²) in [6.07, 6.45) is 3.22. The second kappa shape index (κ2) is 13.0. The van der Waals surface area contributed by atoms with Crippen LogP contribution in [0.2, 0.25) is 0 Å². The number of amides is 1. The van der Waals surface area contributed by atoms with Gasteiger partial charge in [0.1, 0.15) is 6.54 Å². The first kappa shape index (κ1) is 22.8. The van der Waals surface area contributed by atoms with Crippen LogP contribution in [0.25, 0.3) is 0 Å². The van der Waals surface area contributed by atoms with Crippen LogP contribution < -0.4 is 16.0 Å². The number of nitrogens with one attached hydrogen (secondary N) is 3. The first-order valence-electron chi connectivity index (χ1n) is 8.60. The highest BCUT2D eigenvalue weighted by Gasteiger charge is 2.11. The van der Waals surface area contributed by atoms with Crippen molar-refractivity contribution >= 4 is 41.5 Å². The topological polar surface area (TPSA) is 98.6 Å². The van der Waals surface area contributed by atoms with Gasteiger partial charge in [-0.25, -0.2) is 4.99 Å². The quantitative estimate of drug-likeness (QED) is 0.262. The molecule has 0 bridgehead atoms. The number of carbonyl (C=O) groups is 1. The van der Waals surface area contributed by atoms with Crippen LogP contribution in [-0.2, 0) is 4.79 Å². The zero-order valence-electron chi connectivity index (χ0n) is 15.3. The fraction of sp³-hybridized carbons (Fsp3) is 0.316. The predicted molar refractivity (Wildman–Crippen MR) is 119 cm³/mol. The number of halogens is 1. The van der Waals surface area contributed by atoms with E-state index in [0.717, 1.165) is 5.56 Å². The van der Waals surface area contributed by atoms with E-state index in [1.807, 2.05) is 37.3 Å². The summed E-state index contributed by atoms with van der Waals surface area (Å²) in [6.45, 7) is 3.15. The molecule has 0 spiro atoms. The van der Waals surface area contributed by atoms with Crippen molar-refractivity contribution < 1.29 is 9.90 Å². The lowest BCUT2D eigenvalue weighted by Crippen LogP contribution is -2.40. The van der Waals surface area contributed by atoms with Gasteiger partial charge in [-0.15, -0.1) is 24.0 Å². The van der Waals surface area contributed by atoms with Gasteiger partial charge in [0.2, 0.25) is 5.91 Å². The number of rotatable bonds is 8. The minimum absolute atomic E-state index is 0. The molecule has 8 heteroatoms. The number of anilines is 1. The monoisotopic (exact) mass is 483 g/mol. The van der Waals surface area contributed by atoms with Gasteiger partial charge in [0.25, 0.3) is 0 Å². The summed E-state index contributed by atoms with van der Waals surface area (Å²) in [5, 5.41) is 18.6. The Labute approximate surface area is 176 Å². The van der Waals surface area contributed by atoms with Crippen molar-refractivity contribution in [1.29, 1.82) is 0 Å². The van der Waals surface area contributed by atoms with E-state index in [1.165, 1.54) is 0 Å². The van der Waals surface area contributed by atoms with E-state index in [9.17, 15) is 9.90 Å². The molecule has 0 radical (unpaired) electrons. The maximum atomic E-state index is 12.0. The summed E-state index contributed by atoms with van der Waals surface area (Å²) in [5.41, 5.74) is 1.68. The average Bonchev–Trinajstić information content (AvgIpc) is 2.68. The second-order valence-electron chi connectivity index (χ2n) is 5.66. The Morgan fingerprint density at radius 3 is 2.59 bits per heavy atom. The normalized spacial score (nSPS) is 11.9. The average molecular weight is 483 g/mol. The van der Waals surface area contributed by atoms with Gasteiger partial charge in [0, 0.05) is 25.2 Å². The number of aliphatic imine (C=N–C) groups is 1. The van der Waals surface area contributed by atoms with Crippen molar-refractivity contribution in [3.63, 3.8) is 0 Å². The minimum atomic E-state index is -0.225. The molecule has 1 unspecified atom stereocenters. The molecule has 0 saturated heterocycles. The summed E-state index contributed by atoms with van der Waals surface area (Å²) in [4.78, 5) is 20.2. The van der Waals surface area contributed by atoms with Crippen molar-refractivity contribution in [1.82, 2.24) is 15.6 Å². The van der Waals surface area contributed by atoms with Crippen LogP contribution in [0.1, 0.15) is 18.4 Å². The highest BCUT2D eigenvalue weighted by atomic mass is 127. The number of aliphatic hydroxyl groups excluding tert-OH is 1. The Morgan fingerprint density at radius 2 is 1.96 bits per heavy atom. The minimum Gasteiger partial charge on any atom is -0.396 e. The first-order valence-corrected chi connectivity index (χ1v) is 8.60. The van der Waals surface area contributed by atoms with Crippen molar-refractivity contribution in [2.24, 2.45) is 4.99 Å². The van der Waals surface area contributed by atoms with Gasteiger partial charge in [0.15, 0.2) is 5.96 Å². The molecule has 0 aliphatic carbocycles. The fourth-order valence-electron chi connectivity index (χ4n) is 2.36. The van der Waals surface area contributed by atoms with Crippen molar-refractivity contribution in [3.05, 3.63) is 60.4 Å². The van der Waals surface area contributed by atoms with E-state index >= 15 is 0 Å². The Kier molecular flexibility index (Phi) is 11.0. The maximum absolute atomic E-state index is 12.0. The lowest BCUT2D eigenvalue weighted by atomic mass is 10.0. The lowest BCUT2D eigenvalue weighted by molar-refractivity contribution is -0.114. The zero-order chi connectivity index (χ0) is 18.6. The van der Waals surface area contributed by atoms with Gasteiger partial charge in [-0.05, 0) is 24.6 Å². The van der Waals surface area contributed by atoms with Crippen molar-refractivity contribution in [2.75, 3.05) is 31.6 Å². The third kappa shape index (κ3) is 8.35. The Morgan fingerprint density at radius 1 is 1.19 bits per heavy atom. The lowest BCUT2D eigenvalue weighted by Gasteiger charge is -2.18. The number of guanidine groups is 1. The molecule has 2 aromatic rings. The highest BCUT2D eigenvalue weighted by Crippen LogP contribution is 2.13. The molecule has 0 aliphatic rings. The number of nitrogens with zero attached hydrogens (tertiary/aromatic N) is 2. The zero-order valence-corrected chi connectivity index (χ0v) is 17.6. The molecular formula is C19H26IN5O2. The molecule has 1 atom stereocenters. The van der Waals surface area contributed by atoms with E-state index in [-0.39, 0.29) is 49.0 Å². The summed E-state index contributed by atoms with van der Waals surface area (Å²) >= 11 is 0. The molecular weight excluding hydrogens is 457 g/mol. The van der Waals surface area contributed by atoms with Crippen LogP contribution in [0.15, 0.2) is 59.9 Å². The standard InChI is InChI=1S/C19H25N5O2.HI/c1-2-21-19(22-11-16(14-25)15-7-4-3-5-8-15)23-13-18(26)24-17-9-6-10-20-12-17;/h3-10,12,16,25H,2,11,13-14H2,1H3,(H,24,26)(H2,21,22,23);1H. The molecule has 1 heterocycles. The molecule has 1 aromatic carbocycles. The van der Waals surface area contributed by atoms with Gasteiger partial charge in [0.05, 0.1) is 18.5 Å². The van der Waals surface area contributed by atoms with Crippen LogP contribution in [0.4, 0.5) is 5.69 Å². The molecule has 27 heavy (non-hydrogen) atoms. The van der Waals surface area contributed by atoms with Crippen molar-refractivity contribution in [2.45, 2.75) is 12.8 Å². The van der Waals surface area contributed by atoms with Crippen LogP contribution >= 0.6 is 24.0 Å². The molecule has 1 amide bonds. The van der Waals surface area contributed by atoms with Gasteiger partial charge in [-0.1, -0.05) is 30.3 Å². The number of pyridine rings is 1. The highest BCUT2D eigenvalue weighted by molar-refractivity contribution is 14.0. The third-order valence-electron chi connectivity index (χ3n) is 3.68. The molecule has 1 aromatic heterocycles. The maximum Gasteiger partial charge on any atom is 0.246 e.